The molecule has 2 rings (SSSR count). The number of carboxylic acids is 1. The van der Waals surface area contributed by atoms with Gasteiger partial charge in [-0.25, -0.2) is 4.79 Å². The number of nitrogens with zero attached hydrogens (tertiary/aromatic N) is 1. The number of aliphatic carboxylic acids is 1. The first-order valence-corrected chi connectivity index (χ1v) is 10.1. The topological polar surface area (TPSA) is 83.9 Å². The fraction of sp³-hybridized carbons (Fsp3) is 0.850. The normalized spacial score (nSPS) is 27.5. The molecule has 1 heterocycles. The molecule has 6 nitrogen and oxygen atoms in total. The number of hydrogen-bond acceptors (Lipinski definition) is 4. The molecular formula is C20H33NO5. The van der Waals surface area contributed by atoms with E-state index in [4.69, 9.17) is 4.74 Å². The Balaban J connectivity index is 2.10. The number of esters is 1. The summed E-state index contributed by atoms with van der Waals surface area (Å²) in [5.41, 5.74) is 0. The average Bonchev–Trinajstić information content (AvgIpc) is 3.00. The molecule has 0 unspecified atom stereocenters. The Labute approximate surface area is 156 Å². The van der Waals surface area contributed by atoms with E-state index in [0.29, 0.717) is 31.8 Å². The molecule has 1 amide bonds. The van der Waals surface area contributed by atoms with Gasteiger partial charge in [-0.2, -0.15) is 0 Å². The van der Waals surface area contributed by atoms with E-state index in [1.54, 1.807) is 11.8 Å². The fourth-order valence-electron chi connectivity index (χ4n) is 4.72. The Bertz CT molecular complexity index is 520. The van der Waals surface area contributed by atoms with Gasteiger partial charge in [0.05, 0.1) is 12.5 Å². The lowest BCUT2D eigenvalue weighted by atomic mass is 9.84. The van der Waals surface area contributed by atoms with Gasteiger partial charge in [0.25, 0.3) is 0 Å². The molecule has 0 aromatic rings. The van der Waals surface area contributed by atoms with Crippen molar-refractivity contribution < 1.29 is 24.2 Å². The number of rotatable bonds is 8. The number of ether oxygens (including phenoxy) is 1. The van der Waals surface area contributed by atoms with E-state index in [-0.39, 0.29) is 29.8 Å². The zero-order valence-electron chi connectivity index (χ0n) is 16.3. The second-order valence-electron chi connectivity index (χ2n) is 7.82. The zero-order valence-corrected chi connectivity index (χ0v) is 16.3. The van der Waals surface area contributed by atoms with Gasteiger partial charge in [0.2, 0.25) is 5.91 Å². The number of carbonyl (C=O) groups is 3. The van der Waals surface area contributed by atoms with Crippen LogP contribution in [0.5, 0.6) is 0 Å². The summed E-state index contributed by atoms with van der Waals surface area (Å²) < 4.78 is 5.15. The molecule has 148 valence electrons. The molecule has 1 aliphatic carbocycles. The molecule has 6 heteroatoms. The third-order valence-electron chi connectivity index (χ3n) is 5.94. The maximum Gasteiger partial charge on any atom is 0.326 e. The van der Waals surface area contributed by atoms with Crippen LogP contribution in [-0.4, -0.2) is 46.5 Å². The van der Waals surface area contributed by atoms with Crippen LogP contribution in [0.15, 0.2) is 0 Å². The highest BCUT2D eigenvalue weighted by Gasteiger charge is 2.48. The van der Waals surface area contributed by atoms with Crippen LogP contribution in [0.1, 0.15) is 72.1 Å². The van der Waals surface area contributed by atoms with E-state index < -0.39 is 12.0 Å². The molecule has 0 aromatic heterocycles. The second kappa shape index (κ2) is 9.38. The molecule has 0 radical (unpaired) electrons. The lowest BCUT2D eigenvalue weighted by molar-refractivity contribution is -0.153. The molecule has 0 bridgehead atoms. The highest BCUT2D eigenvalue weighted by molar-refractivity contribution is 5.86. The zero-order chi connectivity index (χ0) is 19.3. The summed E-state index contributed by atoms with van der Waals surface area (Å²) >= 11 is 0. The van der Waals surface area contributed by atoms with Crippen molar-refractivity contribution >= 4 is 17.8 Å². The van der Waals surface area contributed by atoms with Crippen molar-refractivity contribution in [3.63, 3.8) is 0 Å². The average molecular weight is 367 g/mol. The van der Waals surface area contributed by atoms with Gasteiger partial charge in [-0.15, -0.1) is 0 Å². The SMILES string of the molecule is CCC[C@@H](C[C@@H](C)C(=O)N1[C@H](C(=O)O)C[C@@H]2CCCC[C@@H]21)C(=O)OCC. The Kier molecular flexibility index (Phi) is 7.47. The minimum absolute atomic E-state index is 0.0482. The molecule has 1 saturated carbocycles. The standard InChI is InChI=1S/C20H33NO5/c1-4-8-15(20(25)26-5-2)11-13(3)18(22)21-16-10-7-6-9-14(16)12-17(21)19(23)24/h13-17H,4-12H2,1-3H3,(H,23,24)/t13-,14+,15+,16+,17+/m1/s1. The highest BCUT2D eigenvalue weighted by atomic mass is 16.5. The monoisotopic (exact) mass is 367 g/mol. The van der Waals surface area contributed by atoms with E-state index in [9.17, 15) is 19.5 Å². The molecule has 1 aliphatic heterocycles. The predicted molar refractivity (Wildman–Crippen MR) is 97.4 cm³/mol. The third kappa shape index (κ3) is 4.57. The maximum absolute atomic E-state index is 13.1. The van der Waals surface area contributed by atoms with Gasteiger partial charge in [-0.1, -0.05) is 33.1 Å². The summed E-state index contributed by atoms with van der Waals surface area (Å²) in [5.74, 6) is -1.64. The first kappa shape index (κ1) is 20.7. The first-order chi connectivity index (χ1) is 12.4. The van der Waals surface area contributed by atoms with Crippen LogP contribution >= 0.6 is 0 Å². The first-order valence-electron chi connectivity index (χ1n) is 10.1. The van der Waals surface area contributed by atoms with Gasteiger partial charge in [0, 0.05) is 12.0 Å². The van der Waals surface area contributed by atoms with Crippen molar-refractivity contribution in [3.8, 4) is 0 Å². The molecule has 0 aromatic carbocycles. The molecule has 0 spiro atoms. The minimum Gasteiger partial charge on any atom is -0.480 e. The van der Waals surface area contributed by atoms with Crippen molar-refractivity contribution in [1.82, 2.24) is 4.90 Å². The van der Waals surface area contributed by atoms with Gasteiger partial charge < -0.3 is 14.7 Å². The Morgan fingerprint density at radius 2 is 1.88 bits per heavy atom. The van der Waals surface area contributed by atoms with Crippen molar-refractivity contribution in [3.05, 3.63) is 0 Å². The van der Waals surface area contributed by atoms with E-state index in [0.717, 1.165) is 32.1 Å². The largest absolute Gasteiger partial charge is 0.480 e. The fourth-order valence-corrected chi connectivity index (χ4v) is 4.72. The molecule has 1 saturated heterocycles. The van der Waals surface area contributed by atoms with Crippen LogP contribution in [-0.2, 0) is 19.1 Å². The molecule has 2 aliphatic rings. The number of fused-ring (bicyclic) bond motifs is 1. The van der Waals surface area contributed by atoms with Crippen molar-refractivity contribution in [2.75, 3.05) is 6.61 Å². The van der Waals surface area contributed by atoms with Crippen LogP contribution in [0.25, 0.3) is 0 Å². The summed E-state index contributed by atoms with van der Waals surface area (Å²) in [5, 5.41) is 9.62. The van der Waals surface area contributed by atoms with E-state index >= 15 is 0 Å². The summed E-state index contributed by atoms with van der Waals surface area (Å²) in [6, 6.07) is -0.669. The third-order valence-corrected chi connectivity index (χ3v) is 5.94. The van der Waals surface area contributed by atoms with Crippen LogP contribution in [0.2, 0.25) is 0 Å². The minimum atomic E-state index is -0.907. The smallest absolute Gasteiger partial charge is 0.326 e. The highest BCUT2D eigenvalue weighted by Crippen LogP contribution is 2.41. The Morgan fingerprint density at radius 3 is 2.50 bits per heavy atom. The van der Waals surface area contributed by atoms with Crippen LogP contribution in [0, 0.1) is 17.8 Å². The van der Waals surface area contributed by atoms with Crippen molar-refractivity contribution in [2.45, 2.75) is 84.2 Å². The van der Waals surface area contributed by atoms with Crippen LogP contribution < -0.4 is 0 Å². The quantitative estimate of drug-likeness (QED) is 0.666. The molecular weight excluding hydrogens is 334 g/mol. The van der Waals surface area contributed by atoms with Crippen molar-refractivity contribution in [1.29, 1.82) is 0 Å². The van der Waals surface area contributed by atoms with Gasteiger partial charge in [0.1, 0.15) is 6.04 Å². The van der Waals surface area contributed by atoms with Gasteiger partial charge in [-0.05, 0) is 44.9 Å². The Morgan fingerprint density at radius 1 is 1.19 bits per heavy atom. The van der Waals surface area contributed by atoms with Crippen molar-refractivity contribution in [2.24, 2.45) is 17.8 Å². The maximum atomic E-state index is 13.1. The molecule has 5 atom stereocenters. The number of amides is 1. The van der Waals surface area contributed by atoms with E-state index in [1.807, 2.05) is 13.8 Å². The molecule has 2 fully saturated rings. The van der Waals surface area contributed by atoms with E-state index in [1.165, 1.54) is 0 Å². The summed E-state index contributed by atoms with van der Waals surface area (Å²) in [6.07, 6.45) is 6.58. The summed E-state index contributed by atoms with van der Waals surface area (Å²) in [4.78, 5) is 38.7. The van der Waals surface area contributed by atoms with Gasteiger partial charge in [-0.3, -0.25) is 9.59 Å². The van der Waals surface area contributed by atoms with Gasteiger partial charge >= 0.3 is 11.9 Å². The lowest BCUT2D eigenvalue weighted by Crippen LogP contribution is -2.48. The second-order valence-corrected chi connectivity index (χ2v) is 7.82. The molecule has 1 N–H and O–H groups in total. The predicted octanol–water partition coefficient (Wildman–Crippen LogP) is 3.24. The Hall–Kier alpha value is -1.59. The van der Waals surface area contributed by atoms with Gasteiger partial charge in [0.15, 0.2) is 0 Å². The number of carboxylic acid groups (broad SMARTS) is 1. The van der Waals surface area contributed by atoms with E-state index in [2.05, 4.69) is 0 Å². The van der Waals surface area contributed by atoms with Crippen LogP contribution in [0.4, 0.5) is 0 Å². The summed E-state index contributed by atoms with van der Waals surface area (Å²) in [6.45, 7) is 5.93. The summed E-state index contributed by atoms with van der Waals surface area (Å²) in [7, 11) is 0. The van der Waals surface area contributed by atoms with Crippen LogP contribution in [0.3, 0.4) is 0 Å². The lowest BCUT2D eigenvalue weighted by Gasteiger charge is -2.35. The number of likely N-dealkylation sites (tertiary alicyclic amines) is 1. The number of hydrogen-bond donors (Lipinski definition) is 1. The number of carbonyl (C=O) groups excluding carboxylic acids is 2. The molecule has 26 heavy (non-hydrogen) atoms.